The SMILES string of the molecule is CCCCS(=O)(=O)N1CCN(c2nc(-c3cccc(C(=O)O)c3)nc3cc(C)ccc23)CC1. The highest BCUT2D eigenvalue weighted by molar-refractivity contribution is 7.89. The van der Waals surface area contributed by atoms with E-state index in [0.29, 0.717) is 44.0 Å². The Bertz CT molecular complexity index is 1280. The molecule has 33 heavy (non-hydrogen) atoms. The van der Waals surface area contributed by atoms with Crippen LogP contribution in [0.4, 0.5) is 5.82 Å². The normalized spacial score (nSPS) is 15.2. The second-order valence-corrected chi connectivity index (χ2v) is 10.4. The first-order valence-electron chi connectivity index (χ1n) is 11.1. The van der Waals surface area contributed by atoms with Crippen molar-refractivity contribution in [1.29, 1.82) is 0 Å². The summed E-state index contributed by atoms with van der Waals surface area (Å²) in [6.07, 6.45) is 1.51. The lowest BCUT2D eigenvalue weighted by Gasteiger charge is -2.35. The van der Waals surface area contributed by atoms with Gasteiger partial charge in [-0.2, -0.15) is 4.31 Å². The molecule has 0 atom stereocenters. The number of piperazine rings is 1. The van der Waals surface area contributed by atoms with Gasteiger partial charge >= 0.3 is 5.97 Å². The van der Waals surface area contributed by atoms with Crippen molar-refractivity contribution < 1.29 is 18.3 Å². The highest BCUT2D eigenvalue weighted by atomic mass is 32.2. The van der Waals surface area contributed by atoms with Crippen LogP contribution in [-0.4, -0.2) is 65.7 Å². The molecule has 2 aromatic carbocycles. The number of carbonyl (C=O) groups is 1. The van der Waals surface area contributed by atoms with Crippen molar-refractivity contribution in [3.8, 4) is 11.4 Å². The maximum absolute atomic E-state index is 12.6. The molecule has 1 aromatic heterocycles. The number of hydrogen-bond donors (Lipinski definition) is 1. The van der Waals surface area contributed by atoms with Crippen molar-refractivity contribution in [2.24, 2.45) is 0 Å². The number of hydrogen-bond acceptors (Lipinski definition) is 6. The predicted octanol–water partition coefficient (Wildman–Crippen LogP) is 3.56. The van der Waals surface area contributed by atoms with Gasteiger partial charge in [-0.1, -0.05) is 31.5 Å². The molecule has 9 heteroatoms. The van der Waals surface area contributed by atoms with E-state index in [1.165, 1.54) is 6.07 Å². The molecule has 1 aliphatic rings. The van der Waals surface area contributed by atoms with Crippen molar-refractivity contribution in [1.82, 2.24) is 14.3 Å². The molecular formula is C24H28N4O4S. The number of unbranched alkanes of at least 4 members (excludes halogenated alkanes) is 1. The van der Waals surface area contributed by atoms with E-state index in [-0.39, 0.29) is 11.3 Å². The number of aromatic carboxylic acids is 1. The Morgan fingerprint density at radius 2 is 1.82 bits per heavy atom. The van der Waals surface area contributed by atoms with Crippen molar-refractivity contribution in [3.05, 3.63) is 53.6 Å². The molecule has 2 heterocycles. The van der Waals surface area contributed by atoms with Crippen LogP contribution in [0.25, 0.3) is 22.3 Å². The van der Waals surface area contributed by atoms with Crippen LogP contribution in [0.3, 0.4) is 0 Å². The zero-order chi connectivity index (χ0) is 23.6. The van der Waals surface area contributed by atoms with Crippen LogP contribution in [0.1, 0.15) is 35.7 Å². The quantitative estimate of drug-likeness (QED) is 0.565. The van der Waals surface area contributed by atoms with E-state index >= 15 is 0 Å². The molecule has 0 aliphatic carbocycles. The third kappa shape index (κ3) is 4.99. The molecule has 1 aliphatic heterocycles. The fourth-order valence-corrected chi connectivity index (χ4v) is 5.65. The first kappa shape index (κ1) is 23.1. The minimum atomic E-state index is -3.24. The molecule has 0 spiro atoms. The summed E-state index contributed by atoms with van der Waals surface area (Å²) < 4.78 is 26.8. The van der Waals surface area contributed by atoms with E-state index in [9.17, 15) is 18.3 Å². The number of fused-ring (bicyclic) bond motifs is 1. The Balaban J connectivity index is 1.69. The first-order valence-corrected chi connectivity index (χ1v) is 12.7. The molecule has 3 aromatic rings. The molecular weight excluding hydrogens is 440 g/mol. The standard InChI is InChI=1S/C24H28N4O4S/c1-3-4-14-33(31,32)28-12-10-27(11-13-28)23-20-9-8-17(2)15-21(20)25-22(26-23)18-6-5-7-19(16-18)24(29)30/h5-9,15-16H,3-4,10-14H2,1-2H3,(H,29,30). The minimum absolute atomic E-state index is 0.174. The zero-order valence-electron chi connectivity index (χ0n) is 18.9. The average Bonchev–Trinajstić information content (AvgIpc) is 2.82. The van der Waals surface area contributed by atoms with Gasteiger partial charge in [0.1, 0.15) is 5.82 Å². The molecule has 1 N–H and O–H groups in total. The van der Waals surface area contributed by atoms with E-state index < -0.39 is 16.0 Å². The second-order valence-electron chi connectivity index (χ2n) is 8.33. The van der Waals surface area contributed by atoms with Crippen LogP contribution in [-0.2, 0) is 10.0 Å². The van der Waals surface area contributed by atoms with Gasteiger partial charge in [0.25, 0.3) is 0 Å². The fourth-order valence-electron chi connectivity index (χ4n) is 4.02. The smallest absolute Gasteiger partial charge is 0.335 e. The van der Waals surface area contributed by atoms with Gasteiger partial charge in [-0.3, -0.25) is 0 Å². The van der Waals surface area contributed by atoms with Gasteiger partial charge in [-0.05, 0) is 43.2 Å². The number of aryl methyl sites for hydroxylation is 1. The lowest BCUT2D eigenvalue weighted by molar-refractivity contribution is 0.0697. The molecule has 0 saturated carbocycles. The number of carboxylic acid groups (broad SMARTS) is 1. The summed E-state index contributed by atoms with van der Waals surface area (Å²) in [5, 5.41) is 10.3. The van der Waals surface area contributed by atoms with Crippen molar-refractivity contribution in [3.63, 3.8) is 0 Å². The van der Waals surface area contributed by atoms with Crippen molar-refractivity contribution >= 4 is 32.7 Å². The summed E-state index contributed by atoms with van der Waals surface area (Å²) in [7, 11) is -3.24. The number of nitrogens with zero attached hydrogens (tertiary/aromatic N) is 4. The summed E-state index contributed by atoms with van der Waals surface area (Å²) >= 11 is 0. The van der Waals surface area contributed by atoms with Gasteiger partial charge in [0, 0.05) is 37.1 Å². The molecule has 0 unspecified atom stereocenters. The Kier molecular flexibility index (Phi) is 6.62. The van der Waals surface area contributed by atoms with E-state index in [1.54, 1.807) is 22.5 Å². The first-order chi connectivity index (χ1) is 15.8. The van der Waals surface area contributed by atoms with Crippen molar-refractivity contribution in [2.75, 3.05) is 36.8 Å². The molecule has 174 valence electrons. The van der Waals surface area contributed by atoms with Crippen LogP contribution in [0.5, 0.6) is 0 Å². The number of sulfonamides is 1. The topological polar surface area (TPSA) is 104 Å². The van der Waals surface area contributed by atoms with Gasteiger partial charge < -0.3 is 10.0 Å². The van der Waals surface area contributed by atoms with Crippen LogP contribution in [0, 0.1) is 6.92 Å². The van der Waals surface area contributed by atoms with Crippen LogP contribution in [0.2, 0.25) is 0 Å². The van der Waals surface area contributed by atoms with E-state index in [2.05, 4.69) is 4.90 Å². The molecule has 1 fully saturated rings. The lowest BCUT2D eigenvalue weighted by atomic mass is 10.1. The second kappa shape index (κ2) is 9.44. The molecule has 8 nitrogen and oxygen atoms in total. The van der Waals surface area contributed by atoms with Gasteiger partial charge in [0.15, 0.2) is 5.82 Å². The third-order valence-electron chi connectivity index (χ3n) is 5.89. The number of aromatic nitrogens is 2. The number of benzene rings is 2. The molecule has 0 bridgehead atoms. The third-order valence-corrected chi connectivity index (χ3v) is 7.84. The van der Waals surface area contributed by atoms with E-state index in [4.69, 9.17) is 9.97 Å². The predicted molar refractivity (Wildman–Crippen MR) is 129 cm³/mol. The summed E-state index contributed by atoms with van der Waals surface area (Å²) in [6.45, 7) is 5.85. The zero-order valence-corrected chi connectivity index (χ0v) is 19.7. The van der Waals surface area contributed by atoms with Gasteiger partial charge in [0.05, 0.1) is 16.8 Å². The Morgan fingerprint density at radius 1 is 1.06 bits per heavy atom. The average molecular weight is 469 g/mol. The lowest BCUT2D eigenvalue weighted by Crippen LogP contribution is -2.49. The van der Waals surface area contributed by atoms with Crippen molar-refractivity contribution in [2.45, 2.75) is 26.7 Å². The molecule has 1 saturated heterocycles. The Hall–Kier alpha value is -3.04. The highest BCUT2D eigenvalue weighted by Crippen LogP contribution is 2.29. The molecule has 4 rings (SSSR count). The van der Waals surface area contributed by atoms with Gasteiger partial charge in [0.2, 0.25) is 10.0 Å². The van der Waals surface area contributed by atoms with Crippen LogP contribution < -0.4 is 4.90 Å². The Morgan fingerprint density at radius 3 is 2.52 bits per heavy atom. The molecule has 0 radical (unpaired) electrons. The van der Waals surface area contributed by atoms with Crippen LogP contribution >= 0.6 is 0 Å². The molecule has 0 amide bonds. The number of rotatable bonds is 7. The monoisotopic (exact) mass is 468 g/mol. The summed E-state index contributed by atoms with van der Waals surface area (Å²) in [5.41, 5.74) is 2.63. The summed E-state index contributed by atoms with van der Waals surface area (Å²) in [6, 6.07) is 12.6. The number of carboxylic acids is 1. The Labute approximate surface area is 193 Å². The fraction of sp³-hybridized carbons (Fsp3) is 0.375. The number of anilines is 1. The highest BCUT2D eigenvalue weighted by Gasteiger charge is 2.28. The van der Waals surface area contributed by atoms with E-state index in [1.807, 2.05) is 32.0 Å². The summed E-state index contributed by atoms with van der Waals surface area (Å²) in [4.78, 5) is 23.1. The summed E-state index contributed by atoms with van der Waals surface area (Å²) in [5.74, 6) is 0.364. The van der Waals surface area contributed by atoms with E-state index in [0.717, 1.165) is 28.7 Å². The van der Waals surface area contributed by atoms with Gasteiger partial charge in [-0.25, -0.2) is 23.2 Å². The largest absolute Gasteiger partial charge is 0.478 e. The maximum Gasteiger partial charge on any atom is 0.335 e. The van der Waals surface area contributed by atoms with Crippen LogP contribution in [0.15, 0.2) is 42.5 Å². The minimum Gasteiger partial charge on any atom is -0.478 e. The maximum atomic E-state index is 12.6. The van der Waals surface area contributed by atoms with Gasteiger partial charge in [-0.15, -0.1) is 0 Å².